The van der Waals surface area contributed by atoms with Gasteiger partial charge < -0.3 is 10.6 Å². The van der Waals surface area contributed by atoms with Crippen molar-refractivity contribution in [1.29, 1.82) is 0 Å². The van der Waals surface area contributed by atoms with Crippen molar-refractivity contribution in [3.63, 3.8) is 0 Å². The first kappa shape index (κ1) is 19.3. The smallest absolute Gasteiger partial charge is 0.224 e. The highest BCUT2D eigenvalue weighted by Gasteiger charge is 2.10. The molecule has 4 nitrogen and oxygen atoms in total. The minimum absolute atomic E-state index is 0.142. The summed E-state index contributed by atoms with van der Waals surface area (Å²) in [6.07, 6.45) is 0.971. The highest BCUT2D eigenvalue weighted by Crippen LogP contribution is 2.24. The van der Waals surface area contributed by atoms with E-state index in [1.54, 1.807) is 36.4 Å². The minimum Gasteiger partial charge on any atom is -0.326 e. The second-order valence-corrected chi connectivity index (χ2v) is 6.59. The van der Waals surface area contributed by atoms with E-state index in [9.17, 15) is 9.59 Å². The molecule has 2 aromatic rings. The maximum absolute atomic E-state index is 12.0. The van der Waals surface area contributed by atoms with Gasteiger partial charge in [-0.05, 0) is 55.7 Å². The Hall–Kier alpha value is -2.04. The van der Waals surface area contributed by atoms with Crippen molar-refractivity contribution in [2.24, 2.45) is 0 Å². The van der Waals surface area contributed by atoms with Crippen LogP contribution in [0.5, 0.6) is 0 Å². The van der Waals surface area contributed by atoms with Crippen molar-refractivity contribution < 1.29 is 9.59 Å². The number of carbonyl (C=O) groups is 2. The molecule has 132 valence electrons. The number of anilines is 2. The van der Waals surface area contributed by atoms with E-state index in [2.05, 4.69) is 10.6 Å². The third kappa shape index (κ3) is 5.48. The lowest BCUT2D eigenvalue weighted by Crippen LogP contribution is -2.15. The quantitative estimate of drug-likeness (QED) is 0.710. The van der Waals surface area contributed by atoms with Crippen LogP contribution in [0.4, 0.5) is 11.4 Å². The maximum atomic E-state index is 12.0. The molecule has 0 atom stereocenters. The van der Waals surface area contributed by atoms with Gasteiger partial charge in [0.1, 0.15) is 0 Å². The Morgan fingerprint density at radius 2 is 1.20 bits per heavy atom. The number of hydrogen-bond acceptors (Lipinski definition) is 2. The van der Waals surface area contributed by atoms with Crippen LogP contribution in [0.25, 0.3) is 0 Å². The fraction of sp³-hybridized carbons (Fsp3) is 0.263. The summed E-state index contributed by atoms with van der Waals surface area (Å²) in [6.45, 7) is 3.69. The number of benzene rings is 2. The molecule has 0 unspecified atom stereocenters. The van der Waals surface area contributed by atoms with Crippen LogP contribution in [0.15, 0.2) is 36.4 Å². The van der Waals surface area contributed by atoms with Gasteiger partial charge in [0.2, 0.25) is 11.8 Å². The average molecular weight is 379 g/mol. The Balaban J connectivity index is 1.80. The molecule has 0 aromatic heterocycles. The molecule has 0 spiro atoms. The standard InChI is InChI=1S/C19H20Cl2N2O2/c1-12-14(20)6-3-8-16(12)22-18(24)10-5-11-19(25)23-17-9-4-7-15(21)13(17)2/h3-4,6-9H,5,10-11H2,1-2H3,(H,22,24)(H,23,25). The molecule has 6 heteroatoms. The summed E-state index contributed by atoms with van der Waals surface area (Å²) in [5.41, 5.74) is 3.03. The lowest BCUT2D eigenvalue weighted by atomic mass is 10.1. The Morgan fingerprint density at radius 3 is 1.60 bits per heavy atom. The van der Waals surface area contributed by atoms with Crippen molar-refractivity contribution in [2.45, 2.75) is 33.1 Å². The molecular weight excluding hydrogens is 359 g/mol. The van der Waals surface area contributed by atoms with E-state index in [-0.39, 0.29) is 24.7 Å². The zero-order valence-electron chi connectivity index (χ0n) is 14.2. The molecule has 2 aromatic carbocycles. The average Bonchev–Trinajstić information content (AvgIpc) is 2.56. The first-order valence-corrected chi connectivity index (χ1v) is 8.74. The molecule has 0 saturated heterocycles. The van der Waals surface area contributed by atoms with E-state index in [0.29, 0.717) is 27.8 Å². The van der Waals surface area contributed by atoms with Crippen LogP contribution in [0, 0.1) is 13.8 Å². The highest BCUT2D eigenvalue weighted by molar-refractivity contribution is 6.32. The van der Waals surface area contributed by atoms with E-state index < -0.39 is 0 Å². The molecule has 0 heterocycles. The summed E-state index contributed by atoms with van der Waals surface area (Å²) in [4.78, 5) is 24.0. The van der Waals surface area contributed by atoms with Gasteiger partial charge in [-0.3, -0.25) is 9.59 Å². The molecule has 0 aliphatic rings. The molecule has 2 amide bonds. The van der Waals surface area contributed by atoms with Crippen molar-refractivity contribution >= 4 is 46.4 Å². The van der Waals surface area contributed by atoms with E-state index in [4.69, 9.17) is 23.2 Å². The number of rotatable bonds is 6. The SMILES string of the molecule is Cc1c(Cl)cccc1NC(=O)CCCC(=O)Nc1cccc(Cl)c1C. The molecule has 0 aliphatic heterocycles. The van der Waals surface area contributed by atoms with Crippen LogP contribution in [0.2, 0.25) is 10.0 Å². The molecule has 2 rings (SSSR count). The van der Waals surface area contributed by atoms with Crippen LogP contribution in [0.3, 0.4) is 0 Å². The predicted octanol–water partition coefficient (Wildman–Crippen LogP) is 5.36. The molecule has 0 bridgehead atoms. The minimum atomic E-state index is -0.142. The first-order valence-electron chi connectivity index (χ1n) is 7.98. The lowest BCUT2D eigenvalue weighted by Gasteiger charge is -2.10. The fourth-order valence-corrected chi connectivity index (χ4v) is 2.67. The molecule has 0 radical (unpaired) electrons. The largest absolute Gasteiger partial charge is 0.326 e. The second kappa shape index (κ2) is 8.88. The van der Waals surface area contributed by atoms with Crippen LogP contribution in [-0.2, 0) is 9.59 Å². The van der Waals surface area contributed by atoms with Crippen LogP contribution in [-0.4, -0.2) is 11.8 Å². The van der Waals surface area contributed by atoms with Gasteiger partial charge in [-0.1, -0.05) is 35.3 Å². The maximum Gasteiger partial charge on any atom is 0.224 e. The summed E-state index contributed by atoms with van der Waals surface area (Å²) < 4.78 is 0. The van der Waals surface area contributed by atoms with Gasteiger partial charge in [0.25, 0.3) is 0 Å². The number of carbonyl (C=O) groups excluding carboxylic acids is 2. The van der Waals surface area contributed by atoms with Gasteiger partial charge in [-0.25, -0.2) is 0 Å². The molecule has 0 aliphatic carbocycles. The van der Waals surface area contributed by atoms with Crippen LogP contribution >= 0.6 is 23.2 Å². The summed E-state index contributed by atoms with van der Waals surface area (Å²) in [7, 11) is 0. The van der Waals surface area contributed by atoms with Crippen molar-refractivity contribution in [1.82, 2.24) is 0 Å². The van der Waals surface area contributed by atoms with Gasteiger partial charge in [-0.2, -0.15) is 0 Å². The Bertz CT molecular complexity index is 725. The van der Waals surface area contributed by atoms with Crippen LogP contribution < -0.4 is 10.6 Å². The van der Waals surface area contributed by atoms with E-state index in [1.807, 2.05) is 13.8 Å². The zero-order chi connectivity index (χ0) is 18.4. The van der Waals surface area contributed by atoms with E-state index >= 15 is 0 Å². The van der Waals surface area contributed by atoms with Crippen molar-refractivity contribution in [3.05, 3.63) is 57.6 Å². The molecule has 25 heavy (non-hydrogen) atoms. The number of nitrogens with one attached hydrogen (secondary N) is 2. The van der Waals surface area contributed by atoms with Gasteiger partial charge >= 0.3 is 0 Å². The fourth-order valence-electron chi connectivity index (χ4n) is 2.32. The Labute approximate surface area is 157 Å². The Kier molecular flexibility index (Phi) is 6.85. The number of halogens is 2. The zero-order valence-corrected chi connectivity index (χ0v) is 15.7. The summed E-state index contributed by atoms with van der Waals surface area (Å²) in [5, 5.41) is 6.85. The molecule has 0 saturated carbocycles. The molecular formula is C19H20Cl2N2O2. The van der Waals surface area contributed by atoms with Gasteiger partial charge in [0.05, 0.1) is 0 Å². The summed E-state index contributed by atoms with van der Waals surface area (Å²) in [6, 6.07) is 10.7. The van der Waals surface area contributed by atoms with E-state index in [0.717, 1.165) is 11.1 Å². The predicted molar refractivity (Wildman–Crippen MR) is 103 cm³/mol. The number of hydrogen-bond donors (Lipinski definition) is 2. The monoisotopic (exact) mass is 378 g/mol. The topological polar surface area (TPSA) is 58.2 Å². The highest BCUT2D eigenvalue weighted by atomic mass is 35.5. The number of amides is 2. The Morgan fingerprint density at radius 1 is 0.800 bits per heavy atom. The van der Waals surface area contributed by atoms with Crippen molar-refractivity contribution in [3.8, 4) is 0 Å². The molecule has 2 N–H and O–H groups in total. The lowest BCUT2D eigenvalue weighted by molar-refractivity contribution is -0.117. The summed E-state index contributed by atoms with van der Waals surface area (Å²) >= 11 is 12.1. The van der Waals surface area contributed by atoms with Gasteiger partial charge in [-0.15, -0.1) is 0 Å². The normalized spacial score (nSPS) is 10.4. The van der Waals surface area contributed by atoms with Gasteiger partial charge in [0, 0.05) is 34.3 Å². The third-order valence-corrected chi connectivity index (χ3v) is 4.71. The third-order valence-electron chi connectivity index (χ3n) is 3.89. The summed E-state index contributed by atoms with van der Waals surface area (Å²) in [5.74, 6) is -0.283. The van der Waals surface area contributed by atoms with Crippen LogP contribution in [0.1, 0.15) is 30.4 Å². The first-order chi connectivity index (χ1) is 11.9. The second-order valence-electron chi connectivity index (χ2n) is 5.77. The van der Waals surface area contributed by atoms with Gasteiger partial charge in [0.15, 0.2) is 0 Å². The van der Waals surface area contributed by atoms with Crippen molar-refractivity contribution in [2.75, 3.05) is 10.6 Å². The molecule has 0 fully saturated rings. The van der Waals surface area contributed by atoms with E-state index in [1.165, 1.54) is 0 Å².